The number of ether oxygens (including phenoxy) is 3. The molecule has 1 N–H and O–H groups in total. The maximum absolute atomic E-state index is 13.4. The van der Waals surface area contributed by atoms with E-state index < -0.39 is 17.7 Å². The minimum absolute atomic E-state index is 0. The van der Waals surface area contributed by atoms with Crippen LogP contribution in [0.1, 0.15) is 36.5 Å². The smallest absolute Gasteiger partial charge is 0.419 e. The van der Waals surface area contributed by atoms with Gasteiger partial charge < -0.3 is 19.3 Å². The number of carboxylic acids is 1. The molecule has 1 saturated heterocycles. The number of carbonyl (C=O) groups is 1. The quantitative estimate of drug-likeness (QED) is 0.476. The molecule has 2 heterocycles. The summed E-state index contributed by atoms with van der Waals surface area (Å²) >= 11 is 0. The Balaban J connectivity index is 0.00000361. The Hall–Kier alpha value is -2.91. The second kappa shape index (κ2) is 11.9. The maximum atomic E-state index is 13.4. The van der Waals surface area contributed by atoms with Crippen LogP contribution in [0.3, 0.4) is 0 Å². The molecule has 2 aliphatic heterocycles. The maximum Gasteiger partial charge on any atom is 0.419 e. The minimum Gasteiger partial charge on any atom is -0.493 e. The average Bonchev–Trinajstić information content (AvgIpc) is 2.83. The van der Waals surface area contributed by atoms with Crippen LogP contribution in [0.2, 0.25) is 0 Å². The summed E-state index contributed by atoms with van der Waals surface area (Å²) in [7, 11) is 0. The molecule has 0 radical (unpaired) electrons. The summed E-state index contributed by atoms with van der Waals surface area (Å²) in [6.07, 6.45) is -0.912. The van der Waals surface area contributed by atoms with Gasteiger partial charge in [0.1, 0.15) is 30.5 Å². The van der Waals surface area contributed by atoms with E-state index in [4.69, 9.17) is 14.2 Å². The van der Waals surface area contributed by atoms with Crippen molar-refractivity contribution in [1.29, 1.82) is 0 Å². The number of benzene rings is 2. The van der Waals surface area contributed by atoms with Crippen molar-refractivity contribution in [2.24, 2.45) is 5.92 Å². The molecule has 0 aliphatic carbocycles. The molecule has 2 aromatic carbocycles. The fraction of sp³-hybridized carbons (Fsp3) is 0.423. The lowest BCUT2D eigenvalue weighted by Crippen LogP contribution is -2.40. The number of piperidine rings is 1. The fourth-order valence-corrected chi connectivity index (χ4v) is 4.40. The number of hydrogen-bond donors (Lipinski definition) is 1. The largest absolute Gasteiger partial charge is 0.493 e. The second-order valence-electron chi connectivity index (χ2n) is 8.75. The summed E-state index contributed by atoms with van der Waals surface area (Å²) in [6, 6.07) is 9.24. The first kappa shape index (κ1) is 27.7. The van der Waals surface area contributed by atoms with Crippen molar-refractivity contribution in [2.75, 3.05) is 32.8 Å². The van der Waals surface area contributed by atoms with Crippen molar-refractivity contribution < 1.29 is 37.3 Å². The first-order valence-electron chi connectivity index (χ1n) is 11.6. The van der Waals surface area contributed by atoms with E-state index >= 15 is 0 Å². The molecule has 0 amide bonds. The predicted octanol–water partition coefficient (Wildman–Crippen LogP) is 5.68. The molecule has 1 atom stereocenters. The van der Waals surface area contributed by atoms with Crippen LogP contribution >= 0.6 is 12.4 Å². The zero-order chi connectivity index (χ0) is 25.0. The zero-order valence-corrected chi connectivity index (χ0v) is 20.7. The lowest BCUT2D eigenvalue weighted by molar-refractivity contribution is -0.143. The molecular weight excluding hydrogens is 499 g/mol. The van der Waals surface area contributed by atoms with Gasteiger partial charge in [-0.2, -0.15) is 13.2 Å². The Morgan fingerprint density at radius 2 is 2.00 bits per heavy atom. The SMILES string of the molecule is CCOc1ccc(COc2ccc3c(c2)OCC(CN2CCC[C@@H](C(=O)O)C2)=C3)cc1C(F)(F)F.Cl. The first-order chi connectivity index (χ1) is 16.7. The molecule has 0 unspecified atom stereocenters. The van der Waals surface area contributed by atoms with Crippen LogP contribution in [0.25, 0.3) is 6.08 Å². The van der Waals surface area contributed by atoms with Gasteiger partial charge in [0.2, 0.25) is 0 Å². The third kappa shape index (κ3) is 6.85. The highest BCUT2D eigenvalue weighted by Gasteiger charge is 2.34. The Morgan fingerprint density at radius 1 is 1.19 bits per heavy atom. The monoisotopic (exact) mass is 527 g/mol. The molecule has 1 fully saturated rings. The van der Waals surface area contributed by atoms with Gasteiger partial charge in [0.05, 0.1) is 18.1 Å². The van der Waals surface area contributed by atoms with Crippen molar-refractivity contribution in [2.45, 2.75) is 32.5 Å². The van der Waals surface area contributed by atoms with E-state index in [0.29, 0.717) is 43.2 Å². The van der Waals surface area contributed by atoms with Gasteiger partial charge in [0.15, 0.2) is 0 Å². The highest BCUT2D eigenvalue weighted by molar-refractivity contribution is 5.85. The minimum atomic E-state index is -4.52. The third-order valence-electron chi connectivity index (χ3n) is 6.09. The molecule has 36 heavy (non-hydrogen) atoms. The Bertz CT molecular complexity index is 1110. The number of nitrogens with zero attached hydrogens (tertiary/aromatic N) is 1. The van der Waals surface area contributed by atoms with Crippen LogP contribution in [-0.2, 0) is 17.6 Å². The van der Waals surface area contributed by atoms with Gasteiger partial charge in [-0.3, -0.25) is 9.69 Å². The number of aliphatic carboxylic acids is 1. The Labute approximate surface area is 214 Å². The third-order valence-corrected chi connectivity index (χ3v) is 6.09. The molecule has 0 bridgehead atoms. The molecule has 2 aromatic rings. The molecule has 6 nitrogen and oxygen atoms in total. The molecule has 0 saturated carbocycles. The normalized spacial score (nSPS) is 17.8. The lowest BCUT2D eigenvalue weighted by atomic mass is 9.97. The molecule has 10 heteroatoms. The molecule has 0 spiro atoms. The fourth-order valence-electron chi connectivity index (χ4n) is 4.40. The van der Waals surface area contributed by atoms with Crippen molar-refractivity contribution in [3.05, 3.63) is 58.7 Å². The van der Waals surface area contributed by atoms with E-state index in [9.17, 15) is 23.1 Å². The number of hydrogen-bond acceptors (Lipinski definition) is 5. The molecular formula is C26H29ClF3NO5. The van der Waals surface area contributed by atoms with Gasteiger partial charge in [-0.25, -0.2) is 0 Å². The molecule has 0 aromatic heterocycles. The number of fused-ring (bicyclic) bond motifs is 1. The van der Waals surface area contributed by atoms with Gasteiger partial charge in [0.25, 0.3) is 0 Å². The summed E-state index contributed by atoms with van der Waals surface area (Å²) < 4.78 is 56.8. The molecule has 2 aliphatic rings. The van der Waals surface area contributed by atoms with Crippen molar-refractivity contribution in [3.8, 4) is 17.2 Å². The van der Waals surface area contributed by atoms with E-state index in [1.807, 2.05) is 12.1 Å². The van der Waals surface area contributed by atoms with Crippen LogP contribution in [0, 0.1) is 5.92 Å². The number of likely N-dealkylation sites (tertiary alicyclic amines) is 1. The van der Waals surface area contributed by atoms with Gasteiger partial charge in [0, 0.05) is 24.7 Å². The van der Waals surface area contributed by atoms with Crippen molar-refractivity contribution >= 4 is 24.5 Å². The Morgan fingerprint density at radius 3 is 2.72 bits per heavy atom. The zero-order valence-electron chi connectivity index (χ0n) is 19.8. The van der Waals surface area contributed by atoms with Crippen LogP contribution < -0.4 is 14.2 Å². The van der Waals surface area contributed by atoms with Crippen LogP contribution in [-0.4, -0.2) is 48.8 Å². The van der Waals surface area contributed by atoms with E-state index in [-0.39, 0.29) is 37.3 Å². The van der Waals surface area contributed by atoms with Gasteiger partial charge in [-0.15, -0.1) is 12.4 Å². The van der Waals surface area contributed by atoms with E-state index in [1.165, 1.54) is 6.07 Å². The number of halogens is 4. The van der Waals surface area contributed by atoms with E-state index in [1.54, 1.807) is 25.1 Å². The average molecular weight is 528 g/mol. The van der Waals surface area contributed by atoms with Gasteiger partial charge >= 0.3 is 12.1 Å². The van der Waals surface area contributed by atoms with Crippen molar-refractivity contribution in [1.82, 2.24) is 4.90 Å². The van der Waals surface area contributed by atoms with E-state index in [2.05, 4.69) is 4.90 Å². The van der Waals surface area contributed by atoms with E-state index in [0.717, 1.165) is 30.2 Å². The van der Waals surface area contributed by atoms with Crippen molar-refractivity contribution in [3.63, 3.8) is 0 Å². The van der Waals surface area contributed by atoms with Crippen LogP contribution in [0.4, 0.5) is 13.2 Å². The first-order valence-corrected chi connectivity index (χ1v) is 11.6. The summed E-state index contributed by atoms with van der Waals surface area (Å²) in [6.45, 7) is 4.19. The number of alkyl halides is 3. The van der Waals surface area contributed by atoms with Gasteiger partial charge in [-0.1, -0.05) is 6.07 Å². The predicted molar refractivity (Wildman–Crippen MR) is 131 cm³/mol. The summed E-state index contributed by atoms with van der Waals surface area (Å²) in [4.78, 5) is 13.4. The topological polar surface area (TPSA) is 68.2 Å². The second-order valence-corrected chi connectivity index (χ2v) is 8.75. The summed E-state index contributed by atoms with van der Waals surface area (Å²) in [5.74, 6) is -0.152. The van der Waals surface area contributed by atoms with Gasteiger partial charge in [-0.05, 0) is 67.8 Å². The highest BCUT2D eigenvalue weighted by atomic mass is 35.5. The van der Waals surface area contributed by atoms with Crippen LogP contribution in [0.15, 0.2) is 42.0 Å². The lowest BCUT2D eigenvalue weighted by Gasteiger charge is -2.32. The standard InChI is InChI=1S/C26H28F3NO5.ClH/c1-2-33-23-8-5-17(11-22(23)26(27,28)29)15-34-21-7-6-19-10-18(16-35-24(19)12-21)13-30-9-3-4-20(14-30)25(31)32;/h5-8,10-12,20H,2-4,9,13-16H2,1H3,(H,31,32);1H/t20-;/m1./s1. The number of rotatable bonds is 8. The molecule has 196 valence electrons. The molecule has 4 rings (SSSR count). The number of carboxylic acid groups (broad SMARTS) is 1. The summed E-state index contributed by atoms with van der Waals surface area (Å²) in [5.41, 5.74) is 1.50. The highest BCUT2D eigenvalue weighted by Crippen LogP contribution is 2.37. The van der Waals surface area contributed by atoms with Crippen LogP contribution in [0.5, 0.6) is 17.2 Å². The summed E-state index contributed by atoms with van der Waals surface area (Å²) in [5, 5.41) is 9.28. The Kier molecular flexibility index (Phi) is 9.13.